The maximum atomic E-state index is 14.4. The van der Waals surface area contributed by atoms with Gasteiger partial charge < -0.3 is 29.7 Å². The van der Waals surface area contributed by atoms with Crippen LogP contribution in [0.4, 0.5) is 4.79 Å². The number of piperidine rings is 2. The smallest absolute Gasteiger partial charge is 0.318 e. The molecule has 0 bridgehead atoms. The highest BCUT2D eigenvalue weighted by Crippen LogP contribution is 2.50. The summed E-state index contributed by atoms with van der Waals surface area (Å²) in [4.78, 5) is 65.9. The summed E-state index contributed by atoms with van der Waals surface area (Å²) >= 11 is 0. The second-order valence-corrected chi connectivity index (χ2v) is 17.1. The third-order valence-electron chi connectivity index (χ3n) is 13.1. The van der Waals surface area contributed by atoms with Crippen molar-refractivity contribution in [3.05, 3.63) is 75.7 Å². The van der Waals surface area contributed by atoms with Gasteiger partial charge in [0.05, 0.1) is 10.9 Å². The van der Waals surface area contributed by atoms with Gasteiger partial charge in [-0.3, -0.25) is 19.3 Å². The van der Waals surface area contributed by atoms with E-state index in [4.69, 9.17) is 9.84 Å². The minimum absolute atomic E-state index is 0.0472. The van der Waals surface area contributed by atoms with E-state index in [9.17, 15) is 19.2 Å². The summed E-state index contributed by atoms with van der Waals surface area (Å²) in [6.45, 7) is 10.3. The maximum Gasteiger partial charge on any atom is 0.318 e. The number of pyridine rings is 1. The summed E-state index contributed by atoms with van der Waals surface area (Å²) < 4.78 is 7.39. The van der Waals surface area contributed by atoms with Gasteiger partial charge in [-0.05, 0) is 113 Å². The van der Waals surface area contributed by atoms with Crippen LogP contribution in [0, 0.1) is 12.3 Å². The number of carbonyl (C=O) groups is 3. The van der Waals surface area contributed by atoms with Gasteiger partial charge in [-0.25, -0.2) is 9.48 Å². The number of esters is 1. The van der Waals surface area contributed by atoms with Crippen molar-refractivity contribution in [3.8, 4) is 0 Å². The average molecular weight is 779 g/mol. The van der Waals surface area contributed by atoms with E-state index >= 15 is 0 Å². The second-order valence-electron chi connectivity index (χ2n) is 17.1. The number of H-pyrrole nitrogens is 1. The number of likely N-dealkylation sites (tertiary alicyclic amines) is 2. The molecule has 2 aromatic heterocycles. The first kappa shape index (κ1) is 39.1. The van der Waals surface area contributed by atoms with E-state index in [1.54, 1.807) is 9.58 Å². The Morgan fingerprint density at radius 3 is 2.39 bits per heavy atom. The van der Waals surface area contributed by atoms with Crippen molar-refractivity contribution in [2.24, 2.45) is 5.41 Å². The van der Waals surface area contributed by atoms with Gasteiger partial charge in [0.15, 0.2) is 6.73 Å². The third kappa shape index (κ3) is 8.60. The van der Waals surface area contributed by atoms with E-state index in [2.05, 4.69) is 34.1 Å². The Morgan fingerprint density at radius 1 is 0.930 bits per heavy atom. The van der Waals surface area contributed by atoms with Gasteiger partial charge in [-0.15, -0.1) is 0 Å². The number of para-hydroxylation sites is 1. The van der Waals surface area contributed by atoms with Crippen LogP contribution < -0.4 is 10.9 Å². The number of rotatable bonds is 11. The van der Waals surface area contributed by atoms with Gasteiger partial charge in [-0.2, -0.15) is 5.10 Å². The van der Waals surface area contributed by atoms with Crippen molar-refractivity contribution in [2.45, 2.75) is 96.4 Å². The quantitative estimate of drug-likeness (QED) is 0.203. The molecule has 4 aliphatic rings. The predicted octanol–water partition coefficient (Wildman–Crippen LogP) is 5.01. The molecule has 304 valence electrons. The van der Waals surface area contributed by atoms with Crippen LogP contribution in [0.25, 0.3) is 21.8 Å². The van der Waals surface area contributed by atoms with E-state index < -0.39 is 6.04 Å². The topological polar surface area (TPSA) is 136 Å². The van der Waals surface area contributed by atoms with Gasteiger partial charge >= 0.3 is 12.0 Å². The Labute approximate surface area is 334 Å². The molecule has 3 amide bonds. The number of aryl methyl sites for hydroxylation is 1. The van der Waals surface area contributed by atoms with Crippen LogP contribution in [-0.2, 0) is 27.5 Å². The molecule has 0 unspecified atom stereocenters. The number of hydrogen-bond acceptors (Lipinski definition) is 8. The molecular weight excluding hydrogens is 721 g/mol. The fourth-order valence-electron chi connectivity index (χ4n) is 9.51. The lowest BCUT2D eigenvalue weighted by Crippen LogP contribution is -2.59. The van der Waals surface area contributed by atoms with Crippen LogP contribution in [-0.4, -0.2) is 124 Å². The largest absolute Gasteiger partial charge is 0.442 e. The lowest BCUT2D eigenvalue weighted by molar-refractivity contribution is -0.155. The molecule has 4 aromatic rings. The minimum Gasteiger partial charge on any atom is -0.442 e. The number of aromatic nitrogens is 3. The number of nitrogens with zero attached hydrogens (tertiary/aromatic N) is 6. The fourth-order valence-corrected chi connectivity index (χ4v) is 9.51. The average Bonchev–Trinajstić information content (AvgIpc) is 3.89. The summed E-state index contributed by atoms with van der Waals surface area (Å²) in [5, 5.41) is 9.79. The van der Waals surface area contributed by atoms with Gasteiger partial charge in [0.1, 0.15) is 6.04 Å². The van der Waals surface area contributed by atoms with Crippen LogP contribution in [0.2, 0.25) is 0 Å². The molecule has 1 atom stereocenters. The van der Waals surface area contributed by atoms with Crippen molar-refractivity contribution in [1.29, 1.82) is 0 Å². The first-order valence-electron chi connectivity index (χ1n) is 21.1. The van der Waals surface area contributed by atoms with Crippen LogP contribution in [0.5, 0.6) is 0 Å². The predicted molar refractivity (Wildman–Crippen MR) is 220 cm³/mol. The lowest BCUT2D eigenvalue weighted by Gasteiger charge is -2.43. The Bertz CT molecular complexity index is 2150. The Hall–Kier alpha value is -4.75. The number of ether oxygens (including phenoxy) is 1. The highest BCUT2D eigenvalue weighted by Gasteiger charge is 2.50. The molecule has 13 heteroatoms. The van der Waals surface area contributed by atoms with E-state index in [1.165, 1.54) is 0 Å². The van der Waals surface area contributed by atoms with Gasteiger partial charge in [0.2, 0.25) is 5.91 Å². The molecule has 57 heavy (non-hydrogen) atoms. The summed E-state index contributed by atoms with van der Waals surface area (Å²) in [7, 11) is 2.18. The molecular formula is C44H58N8O5. The Morgan fingerprint density at radius 2 is 1.67 bits per heavy atom. The maximum absolute atomic E-state index is 14.4. The first-order chi connectivity index (χ1) is 27.6. The number of fused-ring (bicyclic) bond motifs is 2. The third-order valence-corrected chi connectivity index (χ3v) is 13.1. The molecule has 13 nitrogen and oxygen atoms in total. The molecule has 4 fully saturated rings. The van der Waals surface area contributed by atoms with Crippen molar-refractivity contribution in [2.75, 3.05) is 59.4 Å². The molecule has 2 N–H and O–H groups in total. The minimum atomic E-state index is -0.755. The zero-order valence-corrected chi connectivity index (χ0v) is 33.8. The van der Waals surface area contributed by atoms with Crippen molar-refractivity contribution in [3.63, 3.8) is 0 Å². The van der Waals surface area contributed by atoms with Crippen LogP contribution in [0.1, 0.15) is 80.9 Å². The number of benzene rings is 2. The zero-order chi connectivity index (χ0) is 39.7. The SMILES string of the molecule is CCCC1(C(=O)OCn2cc3cc(C[C@@H](NC(=O)N4CCC(c5cc6ccccc6[nH]c5=O)CC4)C(=O)N4CCN(C5CCN(C)CC5)CC4)cc(C)c3n2)CC1. The first-order valence-corrected chi connectivity index (χ1v) is 21.1. The molecule has 1 aliphatic carbocycles. The standard InChI is InChI=1S/C44H58N8O5/c1-4-13-44(14-15-44)42(55)57-29-52-28-34-25-31(24-30(2)39(34)47-52)26-38(41(54)50-22-20-49(21-23-50)35-11-16-48(3)17-12-35)46-43(56)51-18-9-32(10-19-51)36-27-33-7-5-6-8-37(33)45-40(36)53/h5-8,24-25,27-28,32,35,38H,4,9-23,26,29H2,1-3H3,(H,45,53)(H,46,56)/t38-/m1/s1. The fraction of sp³-hybridized carbons (Fsp3) is 0.568. The molecule has 0 spiro atoms. The number of urea groups is 1. The number of nitrogens with one attached hydrogen (secondary N) is 2. The van der Waals surface area contributed by atoms with Crippen molar-refractivity contribution >= 4 is 39.7 Å². The van der Waals surface area contributed by atoms with Crippen LogP contribution in [0.15, 0.2) is 53.5 Å². The number of amides is 3. The molecule has 3 aliphatic heterocycles. The van der Waals surface area contributed by atoms with Gasteiger partial charge in [0, 0.05) is 74.4 Å². The summed E-state index contributed by atoms with van der Waals surface area (Å²) in [5.41, 5.74) is 3.88. The van der Waals surface area contributed by atoms with E-state index in [0.717, 1.165) is 103 Å². The lowest BCUT2D eigenvalue weighted by atomic mass is 9.89. The molecule has 5 heterocycles. The highest BCUT2D eigenvalue weighted by atomic mass is 16.5. The van der Waals surface area contributed by atoms with Crippen molar-refractivity contribution in [1.82, 2.24) is 39.7 Å². The van der Waals surface area contributed by atoms with E-state index in [1.807, 2.05) is 60.5 Å². The molecule has 2 aromatic carbocycles. The second kappa shape index (κ2) is 16.6. The van der Waals surface area contributed by atoms with E-state index in [-0.39, 0.29) is 41.5 Å². The normalized spacial score (nSPS) is 20.2. The van der Waals surface area contributed by atoms with Gasteiger partial charge in [-0.1, -0.05) is 37.6 Å². The monoisotopic (exact) mass is 778 g/mol. The van der Waals surface area contributed by atoms with Crippen molar-refractivity contribution < 1.29 is 19.1 Å². The summed E-state index contributed by atoms with van der Waals surface area (Å²) in [5.74, 6) is -0.159. The number of carbonyl (C=O) groups excluding carboxylic acids is 3. The summed E-state index contributed by atoms with van der Waals surface area (Å²) in [6, 6.07) is 13.4. The van der Waals surface area contributed by atoms with E-state index in [0.29, 0.717) is 51.5 Å². The van der Waals surface area contributed by atoms with Crippen LogP contribution in [0.3, 0.4) is 0 Å². The van der Waals surface area contributed by atoms with Gasteiger partial charge in [0.25, 0.3) is 5.56 Å². The highest BCUT2D eigenvalue weighted by molar-refractivity contribution is 5.88. The van der Waals surface area contributed by atoms with Crippen LogP contribution >= 0.6 is 0 Å². The number of aromatic amines is 1. The number of piperazine rings is 1. The Balaban J connectivity index is 0.955. The Kier molecular flexibility index (Phi) is 11.4. The number of hydrogen-bond donors (Lipinski definition) is 2. The molecule has 3 saturated heterocycles. The molecule has 8 rings (SSSR count). The molecule has 0 radical (unpaired) electrons. The summed E-state index contributed by atoms with van der Waals surface area (Å²) in [6.07, 6.45) is 9.43. The molecule has 1 saturated carbocycles. The zero-order valence-electron chi connectivity index (χ0n) is 33.8.